The Morgan fingerprint density at radius 1 is 1.54 bits per heavy atom. The van der Waals surface area contributed by atoms with Crippen molar-refractivity contribution < 1.29 is 9.90 Å². The predicted molar refractivity (Wildman–Crippen MR) is 51.3 cm³/mol. The summed E-state index contributed by atoms with van der Waals surface area (Å²) >= 11 is 0. The van der Waals surface area contributed by atoms with E-state index < -0.39 is 0 Å². The topological polar surface area (TPSA) is 49.3 Å². The van der Waals surface area contributed by atoms with Crippen molar-refractivity contribution in [2.24, 2.45) is 11.3 Å². The molecule has 0 saturated carbocycles. The van der Waals surface area contributed by atoms with Gasteiger partial charge in [-0.15, -0.1) is 0 Å². The van der Waals surface area contributed by atoms with Crippen LogP contribution < -0.4 is 5.32 Å². The summed E-state index contributed by atoms with van der Waals surface area (Å²) in [5, 5.41) is 12.4. The summed E-state index contributed by atoms with van der Waals surface area (Å²) in [4.78, 5) is 11.8. The first-order valence-corrected chi connectivity index (χ1v) is 4.56. The van der Waals surface area contributed by atoms with Crippen molar-refractivity contribution in [3.63, 3.8) is 0 Å². The summed E-state index contributed by atoms with van der Waals surface area (Å²) in [5.74, 6) is 0.271. The number of allylic oxidation sites excluding steroid dienone is 2. The number of aliphatic hydroxyl groups is 1. The fourth-order valence-electron chi connectivity index (χ4n) is 1.90. The fourth-order valence-corrected chi connectivity index (χ4v) is 1.90. The highest BCUT2D eigenvalue weighted by atomic mass is 16.3. The molecule has 0 saturated heterocycles. The highest BCUT2D eigenvalue weighted by molar-refractivity contribution is 6.00. The maximum atomic E-state index is 11.8. The average Bonchev–Trinajstić information content (AvgIpc) is 2.02. The molecule has 0 radical (unpaired) electrons. The Kier molecular flexibility index (Phi) is 2.37. The molecule has 0 fully saturated rings. The van der Waals surface area contributed by atoms with Crippen LogP contribution in [0.3, 0.4) is 0 Å². The van der Waals surface area contributed by atoms with Crippen LogP contribution in [0.4, 0.5) is 0 Å². The van der Waals surface area contributed by atoms with Crippen LogP contribution in [0.5, 0.6) is 0 Å². The second-order valence-electron chi connectivity index (χ2n) is 4.33. The van der Waals surface area contributed by atoms with E-state index in [2.05, 4.69) is 5.32 Å². The minimum Gasteiger partial charge on any atom is -0.510 e. The Bertz CT molecular complexity index is 266. The van der Waals surface area contributed by atoms with Crippen molar-refractivity contribution in [1.29, 1.82) is 0 Å². The Morgan fingerprint density at radius 3 is 2.54 bits per heavy atom. The van der Waals surface area contributed by atoms with Crippen LogP contribution in [-0.2, 0) is 4.79 Å². The van der Waals surface area contributed by atoms with Gasteiger partial charge in [0.2, 0.25) is 0 Å². The first-order valence-electron chi connectivity index (χ1n) is 4.56. The number of likely N-dealkylation sites (N-methyl/N-ethyl adjacent to an activating group) is 1. The molecule has 1 aliphatic rings. The molecular formula is C10H17NO2. The molecule has 0 heterocycles. The molecule has 0 amide bonds. The molecular weight excluding hydrogens is 166 g/mol. The Morgan fingerprint density at radius 2 is 2.08 bits per heavy atom. The van der Waals surface area contributed by atoms with Crippen LogP contribution >= 0.6 is 0 Å². The Labute approximate surface area is 78.8 Å². The van der Waals surface area contributed by atoms with Gasteiger partial charge in [-0.05, 0) is 6.42 Å². The smallest absolute Gasteiger partial charge is 0.187 e. The van der Waals surface area contributed by atoms with E-state index in [9.17, 15) is 9.90 Å². The van der Waals surface area contributed by atoms with Crippen LogP contribution in [-0.4, -0.2) is 17.9 Å². The first-order chi connectivity index (χ1) is 5.90. The van der Waals surface area contributed by atoms with E-state index in [1.54, 1.807) is 7.05 Å². The highest BCUT2D eigenvalue weighted by Crippen LogP contribution is 2.37. The SMILES string of the molecule is CNC1=C(O)C(C)CC(C)(C)C1=O. The fraction of sp³-hybridized carbons (Fsp3) is 0.700. The number of rotatable bonds is 1. The van der Waals surface area contributed by atoms with Gasteiger partial charge in [-0.1, -0.05) is 20.8 Å². The summed E-state index contributed by atoms with van der Waals surface area (Å²) in [6, 6.07) is 0. The monoisotopic (exact) mass is 183 g/mol. The minimum atomic E-state index is -0.357. The Hall–Kier alpha value is -0.990. The molecule has 3 heteroatoms. The van der Waals surface area contributed by atoms with Gasteiger partial charge in [0.25, 0.3) is 0 Å². The quantitative estimate of drug-likeness (QED) is 0.649. The van der Waals surface area contributed by atoms with Gasteiger partial charge in [-0.25, -0.2) is 0 Å². The van der Waals surface area contributed by atoms with Crippen molar-refractivity contribution >= 4 is 5.78 Å². The number of Topliss-reactive ketones (excluding diaryl/α,β-unsaturated/α-hetero) is 1. The van der Waals surface area contributed by atoms with E-state index in [0.29, 0.717) is 12.1 Å². The van der Waals surface area contributed by atoms with Crippen molar-refractivity contribution in [1.82, 2.24) is 5.32 Å². The van der Waals surface area contributed by atoms with Crippen molar-refractivity contribution in [2.45, 2.75) is 27.2 Å². The maximum Gasteiger partial charge on any atom is 0.187 e. The zero-order chi connectivity index (χ0) is 10.2. The lowest BCUT2D eigenvalue weighted by atomic mass is 9.73. The number of carbonyl (C=O) groups excluding carboxylic acids is 1. The molecule has 1 atom stereocenters. The third kappa shape index (κ3) is 1.55. The van der Waals surface area contributed by atoms with Crippen LogP contribution in [0.2, 0.25) is 0 Å². The lowest BCUT2D eigenvalue weighted by Crippen LogP contribution is -2.38. The number of aliphatic hydroxyl groups excluding tert-OH is 1. The normalized spacial score (nSPS) is 27.7. The number of carbonyl (C=O) groups is 1. The zero-order valence-corrected chi connectivity index (χ0v) is 8.64. The van der Waals surface area contributed by atoms with Crippen molar-refractivity contribution in [3.8, 4) is 0 Å². The van der Waals surface area contributed by atoms with Crippen LogP contribution in [0, 0.1) is 11.3 Å². The van der Waals surface area contributed by atoms with Gasteiger partial charge in [0, 0.05) is 18.4 Å². The van der Waals surface area contributed by atoms with E-state index in [4.69, 9.17) is 0 Å². The van der Waals surface area contributed by atoms with Gasteiger partial charge in [-0.2, -0.15) is 0 Å². The third-order valence-electron chi connectivity index (χ3n) is 2.63. The minimum absolute atomic E-state index is 0.00519. The van der Waals surface area contributed by atoms with E-state index in [-0.39, 0.29) is 22.9 Å². The summed E-state index contributed by atoms with van der Waals surface area (Å²) in [6.07, 6.45) is 0.711. The largest absolute Gasteiger partial charge is 0.510 e. The number of hydrogen-bond donors (Lipinski definition) is 2. The summed E-state index contributed by atoms with van der Waals surface area (Å²) in [5.41, 5.74) is 0.0213. The lowest BCUT2D eigenvalue weighted by molar-refractivity contribution is -0.125. The second-order valence-corrected chi connectivity index (χ2v) is 4.33. The zero-order valence-electron chi connectivity index (χ0n) is 8.64. The number of ketones is 1. The second kappa shape index (κ2) is 3.05. The molecule has 1 unspecified atom stereocenters. The van der Waals surface area contributed by atoms with E-state index >= 15 is 0 Å². The highest BCUT2D eigenvalue weighted by Gasteiger charge is 2.39. The van der Waals surface area contributed by atoms with Crippen LogP contribution in [0.15, 0.2) is 11.5 Å². The van der Waals surface area contributed by atoms with Gasteiger partial charge in [0.15, 0.2) is 5.78 Å². The first kappa shape index (κ1) is 10.1. The maximum absolute atomic E-state index is 11.8. The lowest BCUT2D eigenvalue weighted by Gasteiger charge is -2.33. The summed E-state index contributed by atoms with van der Waals surface area (Å²) in [6.45, 7) is 5.76. The molecule has 2 N–H and O–H groups in total. The third-order valence-corrected chi connectivity index (χ3v) is 2.63. The molecule has 0 aromatic heterocycles. The Balaban J connectivity index is 3.13. The van der Waals surface area contributed by atoms with Gasteiger partial charge >= 0.3 is 0 Å². The van der Waals surface area contributed by atoms with E-state index in [1.165, 1.54) is 0 Å². The van der Waals surface area contributed by atoms with Gasteiger partial charge in [-0.3, -0.25) is 4.79 Å². The molecule has 1 rings (SSSR count). The molecule has 0 aliphatic heterocycles. The molecule has 0 aromatic rings. The van der Waals surface area contributed by atoms with Crippen molar-refractivity contribution in [2.75, 3.05) is 7.05 Å². The molecule has 74 valence electrons. The van der Waals surface area contributed by atoms with Gasteiger partial charge < -0.3 is 10.4 Å². The van der Waals surface area contributed by atoms with Crippen LogP contribution in [0.1, 0.15) is 27.2 Å². The summed E-state index contributed by atoms with van der Waals surface area (Å²) in [7, 11) is 1.66. The molecule has 0 bridgehead atoms. The molecule has 0 spiro atoms. The standard InChI is InChI=1S/C10H17NO2/c1-6-5-10(2,3)9(13)7(11-4)8(6)12/h6,11-12H,5H2,1-4H3. The number of nitrogens with one attached hydrogen (secondary N) is 1. The molecule has 3 nitrogen and oxygen atoms in total. The van der Waals surface area contributed by atoms with E-state index in [0.717, 1.165) is 0 Å². The average molecular weight is 183 g/mol. The predicted octanol–water partition coefficient (Wildman–Crippen LogP) is 1.61. The summed E-state index contributed by atoms with van der Waals surface area (Å²) < 4.78 is 0. The van der Waals surface area contributed by atoms with Crippen LogP contribution in [0.25, 0.3) is 0 Å². The van der Waals surface area contributed by atoms with E-state index in [1.807, 2.05) is 20.8 Å². The molecule has 1 aliphatic carbocycles. The van der Waals surface area contributed by atoms with Gasteiger partial charge in [0.05, 0.1) is 0 Å². The number of hydrogen-bond acceptors (Lipinski definition) is 3. The van der Waals surface area contributed by atoms with Crippen molar-refractivity contribution in [3.05, 3.63) is 11.5 Å². The molecule has 0 aromatic carbocycles. The molecule has 13 heavy (non-hydrogen) atoms. The van der Waals surface area contributed by atoms with Gasteiger partial charge in [0.1, 0.15) is 11.5 Å².